The second kappa shape index (κ2) is 7.48. The Morgan fingerprint density at radius 3 is 2.75 bits per heavy atom. The van der Waals surface area contributed by atoms with Gasteiger partial charge >= 0.3 is 0 Å². The van der Waals surface area contributed by atoms with Crippen LogP contribution in [0.2, 0.25) is 0 Å². The second-order valence-corrected chi connectivity index (χ2v) is 7.39. The van der Waals surface area contributed by atoms with Crippen molar-refractivity contribution >= 4 is 28.3 Å². The topological polar surface area (TPSA) is 97.5 Å². The zero-order chi connectivity index (χ0) is 17.1. The average molecular weight is 352 g/mol. The average Bonchev–Trinajstić information content (AvgIpc) is 3.26. The van der Waals surface area contributed by atoms with Gasteiger partial charge in [0.25, 0.3) is 11.8 Å². The van der Waals surface area contributed by atoms with Crippen LogP contribution in [0.25, 0.3) is 0 Å². The summed E-state index contributed by atoms with van der Waals surface area (Å²) >= 11 is 1.26. The van der Waals surface area contributed by atoms with E-state index in [1.54, 1.807) is 5.38 Å². The van der Waals surface area contributed by atoms with E-state index in [0.717, 1.165) is 38.8 Å². The van der Waals surface area contributed by atoms with E-state index in [4.69, 9.17) is 10.5 Å². The van der Waals surface area contributed by atoms with Crippen molar-refractivity contribution in [3.05, 3.63) is 11.1 Å². The summed E-state index contributed by atoms with van der Waals surface area (Å²) in [4.78, 5) is 30.4. The number of nitrogens with zero attached hydrogens (tertiary/aromatic N) is 2. The van der Waals surface area contributed by atoms with Gasteiger partial charge < -0.3 is 20.7 Å². The van der Waals surface area contributed by atoms with Crippen LogP contribution in [-0.2, 0) is 9.53 Å². The monoisotopic (exact) mass is 352 g/mol. The van der Waals surface area contributed by atoms with Crippen LogP contribution in [0.4, 0.5) is 5.13 Å². The molecule has 0 saturated carbocycles. The number of likely N-dealkylation sites (tertiary alicyclic amines) is 1. The number of anilines is 1. The van der Waals surface area contributed by atoms with E-state index >= 15 is 0 Å². The predicted molar refractivity (Wildman–Crippen MR) is 91.7 cm³/mol. The molecule has 7 nitrogen and oxygen atoms in total. The summed E-state index contributed by atoms with van der Waals surface area (Å²) in [5.41, 5.74) is 5.94. The van der Waals surface area contributed by atoms with E-state index in [1.807, 2.05) is 11.8 Å². The smallest absolute Gasteiger partial charge is 0.271 e. The molecule has 0 radical (unpaired) electrons. The fourth-order valence-corrected chi connectivity index (χ4v) is 3.93. The van der Waals surface area contributed by atoms with Crippen molar-refractivity contribution in [3.8, 4) is 0 Å². The predicted octanol–water partition coefficient (Wildman–Crippen LogP) is 1.26. The highest BCUT2D eigenvalue weighted by Gasteiger charge is 2.32. The Hall–Kier alpha value is -1.67. The van der Waals surface area contributed by atoms with Gasteiger partial charge in [0.2, 0.25) is 0 Å². The normalized spacial score (nSPS) is 23.2. The molecule has 2 fully saturated rings. The Bertz CT molecular complexity index is 592. The molecule has 1 aromatic rings. The van der Waals surface area contributed by atoms with Gasteiger partial charge in [0, 0.05) is 31.1 Å². The van der Waals surface area contributed by atoms with Crippen LogP contribution in [0.1, 0.15) is 43.1 Å². The van der Waals surface area contributed by atoms with Gasteiger partial charge in [-0.3, -0.25) is 9.59 Å². The summed E-state index contributed by atoms with van der Waals surface area (Å²) in [6.07, 6.45) is 3.34. The van der Waals surface area contributed by atoms with Crippen molar-refractivity contribution in [1.29, 1.82) is 0 Å². The van der Waals surface area contributed by atoms with Gasteiger partial charge in [-0.15, -0.1) is 11.3 Å². The van der Waals surface area contributed by atoms with Crippen LogP contribution < -0.4 is 11.1 Å². The fraction of sp³-hybridized carbons (Fsp3) is 0.688. The first kappa shape index (κ1) is 17.2. The maximum Gasteiger partial charge on any atom is 0.271 e. The molecule has 0 aromatic carbocycles. The number of piperidine rings is 1. The number of carbonyl (C=O) groups is 2. The summed E-state index contributed by atoms with van der Waals surface area (Å²) < 4.78 is 5.48. The van der Waals surface area contributed by atoms with Crippen LogP contribution in [0.5, 0.6) is 0 Å². The summed E-state index contributed by atoms with van der Waals surface area (Å²) in [7, 11) is 0. The van der Waals surface area contributed by atoms with Gasteiger partial charge in [-0.1, -0.05) is 0 Å². The van der Waals surface area contributed by atoms with Crippen molar-refractivity contribution in [3.63, 3.8) is 0 Å². The zero-order valence-electron chi connectivity index (χ0n) is 13.9. The van der Waals surface area contributed by atoms with E-state index in [1.165, 1.54) is 11.3 Å². The lowest BCUT2D eigenvalue weighted by molar-refractivity contribution is -0.142. The molecule has 0 bridgehead atoms. The molecule has 3 N–H and O–H groups in total. The quantitative estimate of drug-likeness (QED) is 0.850. The third kappa shape index (κ3) is 3.87. The number of hydrogen-bond donors (Lipinski definition) is 2. The zero-order valence-corrected chi connectivity index (χ0v) is 14.7. The number of carbonyl (C=O) groups excluding carboxylic acids is 2. The number of aromatic nitrogens is 1. The second-order valence-electron chi connectivity index (χ2n) is 6.50. The molecule has 2 atom stereocenters. The number of ether oxygens (including phenoxy) is 1. The summed E-state index contributed by atoms with van der Waals surface area (Å²) in [6.45, 7) is 4.16. The van der Waals surface area contributed by atoms with E-state index in [2.05, 4.69) is 10.3 Å². The van der Waals surface area contributed by atoms with E-state index in [-0.39, 0.29) is 24.0 Å². The molecule has 2 aliphatic heterocycles. The minimum Gasteiger partial charge on any atom is -0.375 e. The summed E-state index contributed by atoms with van der Waals surface area (Å²) in [5, 5.41) is 5.06. The number of hydrogen-bond acceptors (Lipinski definition) is 6. The molecule has 24 heavy (non-hydrogen) atoms. The lowest BCUT2D eigenvalue weighted by Gasteiger charge is -2.36. The van der Waals surface area contributed by atoms with Crippen LogP contribution in [-0.4, -0.2) is 53.5 Å². The van der Waals surface area contributed by atoms with E-state index in [0.29, 0.717) is 23.4 Å². The van der Waals surface area contributed by atoms with Crippen LogP contribution in [0.3, 0.4) is 0 Å². The Kier molecular flexibility index (Phi) is 5.35. The molecular weight excluding hydrogens is 328 g/mol. The third-order valence-corrected chi connectivity index (χ3v) is 5.55. The van der Waals surface area contributed by atoms with Gasteiger partial charge in [-0.25, -0.2) is 4.98 Å². The summed E-state index contributed by atoms with van der Waals surface area (Å²) in [5.74, 6) is 0.298. The highest BCUT2D eigenvalue weighted by molar-refractivity contribution is 7.13. The number of nitrogen functional groups attached to an aromatic ring is 1. The minimum atomic E-state index is -0.242. The molecule has 2 aliphatic rings. The number of amides is 2. The molecule has 132 valence electrons. The Labute approximate surface area is 145 Å². The number of nitrogens with one attached hydrogen (secondary N) is 1. The molecule has 0 aliphatic carbocycles. The third-order valence-electron chi connectivity index (χ3n) is 4.88. The van der Waals surface area contributed by atoms with Crippen molar-refractivity contribution in [2.45, 2.75) is 44.8 Å². The standard InChI is InChI=1S/C16H24N4O3S/c1-10(18-14(21)12-9-24-16(17)19-12)11-4-6-20(7-5-11)15(22)13-3-2-8-23-13/h9-11,13H,2-8H2,1H3,(H2,17,19)(H,18,21). The molecule has 2 saturated heterocycles. The van der Waals surface area contributed by atoms with Crippen LogP contribution in [0.15, 0.2) is 5.38 Å². The number of rotatable bonds is 4. The van der Waals surface area contributed by atoms with E-state index in [9.17, 15) is 9.59 Å². The number of nitrogens with two attached hydrogens (primary N) is 1. The Morgan fingerprint density at radius 2 is 2.17 bits per heavy atom. The molecule has 2 unspecified atom stereocenters. The van der Waals surface area contributed by atoms with Gasteiger partial charge in [0.1, 0.15) is 11.8 Å². The molecule has 8 heteroatoms. The molecular formula is C16H24N4O3S. The highest BCUT2D eigenvalue weighted by Crippen LogP contribution is 2.24. The Balaban J connectivity index is 1.47. The fourth-order valence-electron chi connectivity index (χ4n) is 3.39. The first-order valence-electron chi connectivity index (χ1n) is 8.47. The number of thiazole rings is 1. The first-order valence-corrected chi connectivity index (χ1v) is 9.35. The maximum atomic E-state index is 12.4. The van der Waals surface area contributed by atoms with Crippen molar-refractivity contribution in [1.82, 2.24) is 15.2 Å². The minimum absolute atomic E-state index is 0.0420. The lowest BCUT2D eigenvalue weighted by atomic mass is 9.90. The molecule has 3 rings (SSSR count). The molecule has 3 heterocycles. The van der Waals surface area contributed by atoms with Crippen LogP contribution in [0, 0.1) is 5.92 Å². The molecule has 2 amide bonds. The van der Waals surface area contributed by atoms with Crippen molar-refractivity contribution in [2.75, 3.05) is 25.4 Å². The molecule has 1 aromatic heterocycles. The largest absolute Gasteiger partial charge is 0.375 e. The lowest BCUT2D eigenvalue weighted by Crippen LogP contribution is -2.48. The van der Waals surface area contributed by atoms with Gasteiger partial charge in [-0.2, -0.15) is 0 Å². The summed E-state index contributed by atoms with van der Waals surface area (Å²) in [6, 6.07) is 0.0420. The van der Waals surface area contributed by atoms with Crippen molar-refractivity contribution < 1.29 is 14.3 Å². The van der Waals surface area contributed by atoms with Gasteiger partial charge in [0.05, 0.1) is 0 Å². The first-order chi connectivity index (χ1) is 11.5. The maximum absolute atomic E-state index is 12.4. The van der Waals surface area contributed by atoms with Gasteiger partial charge in [-0.05, 0) is 38.5 Å². The van der Waals surface area contributed by atoms with E-state index < -0.39 is 0 Å². The highest BCUT2D eigenvalue weighted by atomic mass is 32.1. The SMILES string of the molecule is CC(NC(=O)c1csc(N)n1)C1CCN(C(=O)C2CCCO2)CC1. The van der Waals surface area contributed by atoms with Crippen molar-refractivity contribution in [2.24, 2.45) is 5.92 Å². The molecule has 0 spiro atoms. The van der Waals surface area contributed by atoms with Gasteiger partial charge in [0.15, 0.2) is 5.13 Å². The Morgan fingerprint density at radius 1 is 1.42 bits per heavy atom. The van der Waals surface area contributed by atoms with Crippen LogP contribution >= 0.6 is 11.3 Å².